The summed E-state index contributed by atoms with van der Waals surface area (Å²) >= 11 is 5.90. The minimum Gasteiger partial charge on any atom is -0.481 e. The van der Waals surface area contributed by atoms with Gasteiger partial charge in [-0.15, -0.1) is 0 Å². The molecular formula is C12H14ClNO3. The van der Waals surface area contributed by atoms with Crippen LogP contribution in [0.2, 0.25) is 5.02 Å². The van der Waals surface area contributed by atoms with E-state index in [9.17, 15) is 9.59 Å². The van der Waals surface area contributed by atoms with Crippen LogP contribution in [0, 0.1) is 6.92 Å². The molecule has 1 amide bonds. The van der Waals surface area contributed by atoms with Crippen LogP contribution < -0.4 is 5.32 Å². The van der Waals surface area contributed by atoms with Gasteiger partial charge in [-0.3, -0.25) is 9.59 Å². The van der Waals surface area contributed by atoms with Gasteiger partial charge in [0.15, 0.2) is 0 Å². The fourth-order valence-corrected chi connectivity index (χ4v) is 1.64. The van der Waals surface area contributed by atoms with E-state index in [1.54, 1.807) is 32.0 Å². The van der Waals surface area contributed by atoms with Gasteiger partial charge < -0.3 is 10.4 Å². The van der Waals surface area contributed by atoms with Crippen molar-refractivity contribution >= 4 is 23.5 Å². The van der Waals surface area contributed by atoms with E-state index in [0.29, 0.717) is 16.1 Å². The fourth-order valence-electron chi connectivity index (χ4n) is 1.47. The molecule has 5 heteroatoms. The first-order valence-electron chi connectivity index (χ1n) is 5.19. The van der Waals surface area contributed by atoms with E-state index >= 15 is 0 Å². The summed E-state index contributed by atoms with van der Waals surface area (Å²) in [5, 5.41) is 11.7. The van der Waals surface area contributed by atoms with Crippen molar-refractivity contribution < 1.29 is 14.7 Å². The van der Waals surface area contributed by atoms with Crippen LogP contribution in [0.25, 0.3) is 0 Å². The zero-order valence-corrected chi connectivity index (χ0v) is 10.4. The molecule has 0 fully saturated rings. The SMILES string of the molecule is Cc1c(Cl)cccc1C(=O)NC(C)CC(=O)O. The van der Waals surface area contributed by atoms with Gasteiger partial charge in [0.25, 0.3) is 5.91 Å². The molecule has 1 rings (SSSR count). The summed E-state index contributed by atoms with van der Waals surface area (Å²) in [4.78, 5) is 22.3. The standard InChI is InChI=1S/C12H14ClNO3/c1-7(6-11(15)16)14-12(17)9-4-3-5-10(13)8(9)2/h3-5,7H,6H2,1-2H3,(H,14,17)(H,15,16). The molecule has 2 N–H and O–H groups in total. The Morgan fingerprint density at radius 1 is 1.47 bits per heavy atom. The molecule has 4 nitrogen and oxygen atoms in total. The number of carbonyl (C=O) groups is 2. The maximum absolute atomic E-state index is 11.8. The highest BCUT2D eigenvalue weighted by Gasteiger charge is 2.14. The Balaban J connectivity index is 2.77. The van der Waals surface area contributed by atoms with Crippen LogP contribution in [0.1, 0.15) is 29.3 Å². The van der Waals surface area contributed by atoms with Crippen molar-refractivity contribution in [1.82, 2.24) is 5.32 Å². The lowest BCUT2D eigenvalue weighted by atomic mass is 10.1. The van der Waals surface area contributed by atoms with Crippen molar-refractivity contribution in [3.63, 3.8) is 0 Å². The van der Waals surface area contributed by atoms with Crippen LogP contribution in [0.5, 0.6) is 0 Å². The van der Waals surface area contributed by atoms with Crippen LogP contribution in [0.3, 0.4) is 0 Å². The third kappa shape index (κ3) is 3.75. The summed E-state index contributed by atoms with van der Waals surface area (Å²) in [6, 6.07) is 4.63. The maximum atomic E-state index is 11.8. The Kier molecular flexibility index (Phi) is 4.52. The van der Waals surface area contributed by atoms with Gasteiger partial charge >= 0.3 is 5.97 Å². The van der Waals surface area contributed by atoms with Crippen molar-refractivity contribution in [3.05, 3.63) is 34.3 Å². The van der Waals surface area contributed by atoms with Crippen LogP contribution >= 0.6 is 11.6 Å². The van der Waals surface area contributed by atoms with E-state index in [1.165, 1.54) is 0 Å². The van der Waals surface area contributed by atoms with E-state index < -0.39 is 12.0 Å². The predicted molar refractivity (Wildman–Crippen MR) is 65.4 cm³/mol. The van der Waals surface area contributed by atoms with E-state index in [1.807, 2.05) is 0 Å². The largest absolute Gasteiger partial charge is 0.481 e. The Morgan fingerprint density at radius 2 is 2.12 bits per heavy atom. The Bertz CT molecular complexity index is 445. The molecule has 0 saturated carbocycles. The second-order valence-electron chi connectivity index (χ2n) is 3.88. The first kappa shape index (κ1) is 13.5. The number of rotatable bonds is 4. The molecule has 0 bridgehead atoms. The normalized spacial score (nSPS) is 11.9. The lowest BCUT2D eigenvalue weighted by Gasteiger charge is -2.13. The van der Waals surface area contributed by atoms with Gasteiger partial charge in [-0.1, -0.05) is 17.7 Å². The number of nitrogens with one attached hydrogen (secondary N) is 1. The molecule has 0 saturated heterocycles. The smallest absolute Gasteiger partial charge is 0.305 e. The second-order valence-corrected chi connectivity index (χ2v) is 4.29. The van der Waals surface area contributed by atoms with Crippen LogP contribution in [0.15, 0.2) is 18.2 Å². The highest BCUT2D eigenvalue weighted by Crippen LogP contribution is 2.18. The molecule has 0 heterocycles. The molecule has 92 valence electrons. The van der Waals surface area contributed by atoms with Crippen molar-refractivity contribution in [2.75, 3.05) is 0 Å². The highest BCUT2D eigenvalue weighted by atomic mass is 35.5. The summed E-state index contributed by atoms with van der Waals surface area (Å²) < 4.78 is 0. The quantitative estimate of drug-likeness (QED) is 0.867. The Morgan fingerprint density at radius 3 is 2.71 bits per heavy atom. The van der Waals surface area contributed by atoms with Crippen LogP contribution in [-0.2, 0) is 4.79 Å². The van der Waals surface area contributed by atoms with Gasteiger partial charge in [-0.25, -0.2) is 0 Å². The number of carbonyl (C=O) groups excluding carboxylic acids is 1. The number of amides is 1. The third-order valence-electron chi connectivity index (χ3n) is 2.37. The molecule has 0 spiro atoms. The molecule has 1 unspecified atom stereocenters. The van der Waals surface area contributed by atoms with E-state index in [2.05, 4.69) is 5.32 Å². The maximum Gasteiger partial charge on any atom is 0.305 e. The lowest BCUT2D eigenvalue weighted by Crippen LogP contribution is -2.34. The minimum absolute atomic E-state index is 0.106. The molecule has 0 aliphatic heterocycles. The van der Waals surface area contributed by atoms with Gasteiger partial charge in [-0.05, 0) is 31.5 Å². The van der Waals surface area contributed by atoms with Gasteiger partial charge in [0.1, 0.15) is 0 Å². The number of halogens is 1. The summed E-state index contributed by atoms with van der Waals surface area (Å²) in [7, 11) is 0. The van der Waals surface area contributed by atoms with E-state index in [-0.39, 0.29) is 12.3 Å². The van der Waals surface area contributed by atoms with Crippen LogP contribution in [0.4, 0.5) is 0 Å². The minimum atomic E-state index is -0.944. The van der Waals surface area contributed by atoms with Crippen molar-refractivity contribution in [1.29, 1.82) is 0 Å². The first-order valence-corrected chi connectivity index (χ1v) is 5.57. The molecule has 1 aromatic carbocycles. The number of hydrogen-bond donors (Lipinski definition) is 2. The van der Waals surface area contributed by atoms with Crippen molar-refractivity contribution in [2.24, 2.45) is 0 Å². The molecule has 17 heavy (non-hydrogen) atoms. The molecule has 0 aliphatic rings. The Hall–Kier alpha value is -1.55. The molecule has 0 aromatic heterocycles. The van der Waals surface area contributed by atoms with Gasteiger partial charge in [0.2, 0.25) is 0 Å². The number of carboxylic acid groups (broad SMARTS) is 1. The van der Waals surface area contributed by atoms with Gasteiger partial charge in [0, 0.05) is 16.6 Å². The molecule has 0 aliphatic carbocycles. The monoisotopic (exact) mass is 255 g/mol. The molecule has 0 radical (unpaired) electrons. The lowest BCUT2D eigenvalue weighted by molar-refractivity contribution is -0.137. The van der Waals surface area contributed by atoms with Crippen molar-refractivity contribution in [3.8, 4) is 0 Å². The topological polar surface area (TPSA) is 66.4 Å². The van der Waals surface area contributed by atoms with E-state index in [0.717, 1.165) is 0 Å². The highest BCUT2D eigenvalue weighted by molar-refractivity contribution is 6.31. The van der Waals surface area contributed by atoms with Crippen molar-refractivity contribution in [2.45, 2.75) is 26.3 Å². The van der Waals surface area contributed by atoms with Gasteiger partial charge in [0.05, 0.1) is 6.42 Å². The third-order valence-corrected chi connectivity index (χ3v) is 2.78. The summed E-state index contributed by atoms with van der Waals surface area (Å²) in [5.74, 6) is -1.25. The predicted octanol–water partition coefficient (Wildman–Crippen LogP) is 2.24. The molecular weight excluding hydrogens is 242 g/mol. The van der Waals surface area contributed by atoms with Gasteiger partial charge in [-0.2, -0.15) is 0 Å². The fraction of sp³-hybridized carbons (Fsp3) is 0.333. The average Bonchev–Trinajstić information content (AvgIpc) is 2.20. The molecule has 1 aromatic rings. The number of carboxylic acids is 1. The summed E-state index contributed by atoms with van der Waals surface area (Å²) in [5.41, 5.74) is 1.16. The Labute approximate surface area is 105 Å². The number of benzene rings is 1. The number of aliphatic carboxylic acids is 1. The molecule has 1 atom stereocenters. The first-order chi connectivity index (χ1) is 7.91. The zero-order valence-electron chi connectivity index (χ0n) is 9.66. The van der Waals surface area contributed by atoms with Crippen LogP contribution in [-0.4, -0.2) is 23.0 Å². The summed E-state index contributed by atoms with van der Waals surface area (Å²) in [6.07, 6.45) is -0.106. The summed E-state index contributed by atoms with van der Waals surface area (Å²) in [6.45, 7) is 3.39. The second kappa shape index (κ2) is 5.68. The zero-order chi connectivity index (χ0) is 13.0. The number of hydrogen-bond acceptors (Lipinski definition) is 2. The van der Waals surface area contributed by atoms with E-state index in [4.69, 9.17) is 16.7 Å². The average molecular weight is 256 g/mol.